The molecule has 1 saturated carbocycles. The highest BCUT2D eigenvalue weighted by Gasteiger charge is 2.32. The standard InChI is InChI=1S/C24H28F3N7O/c1-13(7-8-24(25,26)27)20-21-22(30-16(4)15(3)29-21)32-23(31-20)33-10-14(2)35-19(12-33)17-9-28-34(11-17)18-5-6-18/h9,11,14,18-19H,1,5-8,10,12H2,2-4H3. The molecule has 2 aliphatic rings. The van der Waals surface area contributed by atoms with E-state index in [0.717, 1.165) is 18.4 Å². The van der Waals surface area contributed by atoms with Gasteiger partial charge in [-0.3, -0.25) is 4.68 Å². The smallest absolute Gasteiger partial charge is 0.367 e. The van der Waals surface area contributed by atoms with Gasteiger partial charge in [-0.15, -0.1) is 0 Å². The van der Waals surface area contributed by atoms with Gasteiger partial charge in [0.1, 0.15) is 11.6 Å². The van der Waals surface area contributed by atoms with Crippen molar-refractivity contribution in [2.24, 2.45) is 0 Å². The van der Waals surface area contributed by atoms with Crippen LogP contribution in [0, 0.1) is 13.8 Å². The summed E-state index contributed by atoms with van der Waals surface area (Å²) in [7, 11) is 0. The summed E-state index contributed by atoms with van der Waals surface area (Å²) >= 11 is 0. The number of rotatable bonds is 6. The van der Waals surface area contributed by atoms with E-state index in [1.54, 1.807) is 6.92 Å². The zero-order valence-electron chi connectivity index (χ0n) is 20.0. The molecule has 1 saturated heterocycles. The van der Waals surface area contributed by atoms with E-state index in [-0.39, 0.29) is 24.2 Å². The lowest BCUT2D eigenvalue weighted by atomic mass is 10.1. The van der Waals surface area contributed by atoms with Crippen molar-refractivity contribution in [1.82, 2.24) is 29.7 Å². The summed E-state index contributed by atoms with van der Waals surface area (Å²) in [6.45, 7) is 10.5. The van der Waals surface area contributed by atoms with E-state index in [2.05, 4.69) is 31.6 Å². The molecule has 0 amide bonds. The number of allylic oxidation sites excluding steroid dienone is 1. The van der Waals surface area contributed by atoms with Crippen LogP contribution in [0.4, 0.5) is 19.1 Å². The van der Waals surface area contributed by atoms with Crippen LogP contribution in [0.25, 0.3) is 16.7 Å². The molecule has 0 spiro atoms. The van der Waals surface area contributed by atoms with Gasteiger partial charge in [0.25, 0.3) is 0 Å². The predicted octanol–water partition coefficient (Wildman–Crippen LogP) is 4.89. The van der Waals surface area contributed by atoms with Crippen LogP contribution in [0.2, 0.25) is 0 Å². The minimum Gasteiger partial charge on any atom is -0.367 e. The van der Waals surface area contributed by atoms with Crippen LogP contribution in [0.5, 0.6) is 0 Å². The Morgan fingerprint density at radius 3 is 2.57 bits per heavy atom. The van der Waals surface area contributed by atoms with Crippen molar-refractivity contribution in [3.8, 4) is 0 Å². The van der Waals surface area contributed by atoms with Gasteiger partial charge in [-0.25, -0.2) is 15.0 Å². The summed E-state index contributed by atoms with van der Waals surface area (Å²) in [5.74, 6) is 0.382. The molecule has 1 aliphatic carbocycles. The van der Waals surface area contributed by atoms with E-state index in [0.29, 0.717) is 53.3 Å². The maximum atomic E-state index is 12.9. The highest BCUT2D eigenvalue weighted by atomic mass is 19.4. The summed E-state index contributed by atoms with van der Waals surface area (Å²) < 4.78 is 46.9. The van der Waals surface area contributed by atoms with Gasteiger partial charge in [-0.1, -0.05) is 6.58 Å². The van der Waals surface area contributed by atoms with E-state index in [1.165, 1.54) is 0 Å². The van der Waals surface area contributed by atoms with Gasteiger partial charge < -0.3 is 9.64 Å². The van der Waals surface area contributed by atoms with E-state index in [9.17, 15) is 13.2 Å². The molecule has 5 rings (SSSR count). The second kappa shape index (κ2) is 8.85. The number of hydrogen-bond donors (Lipinski definition) is 0. The topological polar surface area (TPSA) is 81.9 Å². The summed E-state index contributed by atoms with van der Waals surface area (Å²) in [6.07, 6.45) is 0.267. The number of fused-ring (bicyclic) bond motifs is 1. The summed E-state index contributed by atoms with van der Waals surface area (Å²) in [5.41, 5.74) is 3.64. The van der Waals surface area contributed by atoms with Crippen molar-refractivity contribution in [2.45, 2.75) is 70.9 Å². The summed E-state index contributed by atoms with van der Waals surface area (Å²) in [5, 5.41) is 4.48. The molecule has 0 N–H and O–H groups in total. The number of nitrogens with zero attached hydrogens (tertiary/aromatic N) is 7. The van der Waals surface area contributed by atoms with E-state index < -0.39 is 12.6 Å². The van der Waals surface area contributed by atoms with E-state index in [4.69, 9.17) is 4.74 Å². The number of aryl methyl sites for hydroxylation is 2. The maximum absolute atomic E-state index is 12.9. The van der Waals surface area contributed by atoms with Crippen LogP contribution in [0.1, 0.15) is 67.4 Å². The molecular weight excluding hydrogens is 459 g/mol. The fraction of sp³-hybridized carbons (Fsp3) is 0.542. The molecule has 2 fully saturated rings. The van der Waals surface area contributed by atoms with Gasteiger partial charge >= 0.3 is 6.18 Å². The number of halogens is 3. The van der Waals surface area contributed by atoms with Crippen LogP contribution >= 0.6 is 0 Å². The van der Waals surface area contributed by atoms with Crippen molar-refractivity contribution in [1.29, 1.82) is 0 Å². The third-order valence-electron chi connectivity index (χ3n) is 6.43. The molecule has 0 radical (unpaired) electrons. The van der Waals surface area contributed by atoms with Crippen molar-refractivity contribution in [3.63, 3.8) is 0 Å². The molecule has 4 heterocycles. The maximum Gasteiger partial charge on any atom is 0.389 e. The monoisotopic (exact) mass is 487 g/mol. The molecule has 2 atom stereocenters. The normalized spacial score (nSPS) is 21.0. The van der Waals surface area contributed by atoms with Gasteiger partial charge in [0.05, 0.1) is 42.0 Å². The first-order chi connectivity index (χ1) is 16.6. The lowest BCUT2D eigenvalue weighted by molar-refractivity contribution is -0.133. The average molecular weight is 488 g/mol. The van der Waals surface area contributed by atoms with Crippen LogP contribution in [0.15, 0.2) is 19.0 Å². The molecule has 2 unspecified atom stereocenters. The summed E-state index contributed by atoms with van der Waals surface area (Å²) in [4.78, 5) is 20.4. The number of anilines is 1. The van der Waals surface area contributed by atoms with Crippen molar-refractivity contribution in [3.05, 3.63) is 41.6 Å². The van der Waals surface area contributed by atoms with E-state index >= 15 is 0 Å². The SMILES string of the molecule is C=C(CCC(F)(F)F)c1nc(N2CC(C)OC(c3cnn(C4CC4)c3)C2)nc2nc(C)c(C)nc12. The predicted molar refractivity (Wildman–Crippen MR) is 125 cm³/mol. The molecule has 35 heavy (non-hydrogen) atoms. The fourth-order valence-corrected chi connectivity index (χ4v) is 4.26. The Labute approximate surface area is 201 Å². The highest BCUT2D eigenvalue weighted by molar-refractivity contribution is 5.85. The van der Waals surface area contributed by atoms with Crippen molar-refractivity contribution < 1.29 is 17.9 Å². The lowest BCUT2D eigenvalue weighted by Gasteiger charge is -2.36. The Hall–Kier alpha value is -3.08. The zero-order valence-corrected chi connectivity index (χ0v) is 20.0. The molecule has 3 aromatic heterocycles. The van der Waals surface area contributed by atoms with E-state index in [1.807, 2.05) is 35.8 Å². The number of morpholine rings is 1. The van der Waals surface area contributed by atoms with Gasteiger partial charge in [-0.05, 0) is 45.6 Å². The molecule has 0 aromatic carbocycles. The molecule has 8 nitrogen and oxygen atoms in total. The third-order valence-corrected chi connectivity index (χ3v) is 6.43. The Bertz CT molecular complexity index is 1270. The molecule has 186 valence electrons. The second-order valence-electron chi connectivity index (χ2n) is 9.48. The molecular formula is C24H28F3N7O. The fourth-order valence-electron chi connectivity index (χ4n) is 4.26. The minimum absolute atomic E-state index is 0.111. The van der Waals surface area contributed by atoms with Crippen LogP contribution in [0.3, 0.4) is 0 Å². The second-order valence-corrected chi connectivity index (χ2v) is 9.48. The number of alkyl halides is 3. The average Bonchev–Trinajstić information content (AvgIpc) is 3.53. The first-order valence-electron chi connectivity index (χ1n) is 11.8. The molecule has 3 aromatic rings. The van der Waals surface area contributed by atoms with Crippen LogP contribution in [-0.2, 0) is 4.74 Å². The van der Waals surface area contributed by atoms with Gasteiger partial charge in [0.15, 0.2) is 5.65 Å². The van der Waals surface area contributed by atoms with Gasteiger partial charge in [-0.2, -0.15) is 23.3 Å². The Morgan fingerprint density at radius 2 is 1.86 bits per heavy atom. The van der Waals surface area contributed by atoms with Gasteiger partial charge in [0.2, 0.25) is 5.95 Å². The minimum atomic E-state index is -4.29. The Morgan fingerprint density at radius 1 is 1.11 bits per heavy atom. The molecule has 1 aliphatic heterocycles. The number of hydrogen-bond acceptors (Lipinski definition) is 7. The third kappa shape index (κ3) is 5.14. The Balaban J connectivity index is 1.49. The van der Waals surface area contributed by atoms with Crippen molar-refractivity contribution in [2.75, 3.05) is 18.0 Å². The number of aromatic nitrogens is 6. The summed E-state index contributed by atoms with van der Waals surface area (Å²) in [6, 6.07) is 0.472. The molecule has 11 heteroatoms. The van der Waals surface area contributed by atoms with Gasteiger partial charge in [0, 0.05) is 24.7 Å². The van der Waals surface area contributed by atoms with Crippen molar-refractivity contribution >= 4 is 22.7 Å². The lowest BCUT2D eigenvalue weighted by Crippen LogP contribution is -2.43. The largest absolute Gasteiger partial charge is 0.389 e. The highest BCUT2D eigenvalue weighted by Crippen LogP contribution is 2.36. The first kappa shape index (κ1) is 23.7. The Kier molecular flexibility index (Phi) is 5.98. The van der Waals surface area contributed by atoms with Crippen LogP contribution < -0.4 is 4.90 Å². The zero-order chi connectivity index (χ0) is 24.9. The van der Waals surface area contributed by atoms with Crippen LogP contribution in [-0.4, -0.2) is 55.1 Å². The first-order valence-corrected chi connectivity index (χ1v) is 11.8. The number of ether oxygens (including phenoxy) is 1. The molecule has 0 bridgehead atoms. The quantitative estimate of drug-likeness (QED) is 0.490.